The van der Waals surface area contributed by atoms with Crippen molar-refractivity contribution in [2.24, 2.45) is 4.99 Å². The van der Waals surface area contributed by atoms with Gasteiger partial charge in [-0.2, -0.15) is 8.78 Å². The smallest absolute Gasteiger partial charge is 0.387 e. The molecule has 7 heteroatoms. The summed E-state index contributed by atoms with van der Waals surface area (Å²) in [5.41, 5.74) is 0.880. The number of benzene rings is 1. The van der Waals surface area contributed by atoms with Crippen LogP contribution < -0.4 is 20.1 Å². The molecule has 1 atom stereocenters. The second-order valence-corrected chi connectivity index (χ2v) is 4.78. The molecule has 0 saturated carbocycles. The van der Waals surface area contributed by atoms with Gasteiger partial charge < -0.3 is 20.1 Å². The zero-order chi connectivity index (χ0) is 15.2. The standard InChI is InChI=1S/C14H19F2N3O2/c1-9-8-18-14(19-9)17-6-5-10-3-4-11(20-2)12(7-10)21-13(15)16/h3-4,7,9,13H,5-6,8H2,1-2H3,(H2,17,18,19). The van der Waals surface area contributed by atoms with E-state index in [0.29, 0.717) is 24.8 Å². The monoisotopic (exact) mass is 299 g/mol. The molecule has 1 aliphatic rings. The molecule has 0 amide bonds. The van der Waals surface area contributed by atoms with Gasteiger partial charge in [0.25, 0.3) is 0 Å². The Bertz CT molecular complexity index is 509. The molecule has 1 aliphatic heterocycles. The number of nitrogens with one attached hydrogen (secondary N) is 2. The summed E-state index contributed by atoms with van der Waals surface area (Å²) in [6.45, 7) is 0.595. The predicted molar refractivity (Wildman–Crippen MR) is 76.2 cm³/mol. The van der Waals surface area contributed by atoms with Crippen molar-refractivity contribution in [3.8, 4) is 11.5 Å². The molecule has 5 nitrogen and oxygen atoms in total. The van der Waals surface area contributed by atoms with Crippen LogP contribution in [0.3, 0.4) is 0 Å². The Morgan fingerprint density at radius 3 is 2.86 bits per heavy atom. The number of alkyl halides is 2. The number of hydrogen-bond donors (Lipinski definition) is 2. The first-order chi connectivity index (χ1) is 10.1. The molecule has 0 spiro atoms. The van der Waals surface area contributed by atoms with Crippen molar-refractivity contribution in [2.45, 2.75) is 26.0 Å². The second kappa shape index (κ2) is 7.10. The molecule has 0 bridgehead atoms. The Balaban J connectivity index is 1.90. The summed E-state index contributed by atoms with van der Waals surface area (Å²) in [6.07, 6.45) is 0.665. The van der Waals surface area contributed by atoms with Gasteiger partial charge in [-0.3, -0.25) is 4.99 Å². The lowest BCUT2D eigenvalue weighted by Gasteiger charge is -2.12. The number of aliphatic imine (C=N–C) groups is 1. The summed E-state index contributed by atoms with van der Waals surface area (Å²) in [4.78, 5) is 4.28. The van der Waals surface area contributed by atoms with E-state index in [-0.39, 0.29) is 5.75 Å². The van der Waals surface area contributed by atoms with E-state index in [1.807, 2.05) is 6.07 Å². The molecule has 0 aliphatic carbocycles. The lowest BCUT2D eigenvalue weighted by Crippen LogP contribution is -2.38. The van der Waals surface area contributed by atoms with E-state index in [1.54, 1.807) is 12.1 Å². The highest BCUT2D eigenvalue weighted by Gasteiger charge is 2.13. The summed E-state index contributed by atoms with van der Waals surface area (Å²) in [6, 6.07) is 5.37. The van der Waals surface area contributed by atoms with Gasteiger partial charge in [-0.1, -0.05) is 6.07 Å². The van der Waals surface area contributed by atoms with E-state index >= 15 is 0 Å². The van der Waals surface area contributed by atoms with Crippen LogP contribution in [0.1, 0.15) is 12.5 Å². The van der Waals surface area contributed by atoms with E-state index in [0.717, 1.165) is 18.1 Å². The molecular weight excluding hydrogens is 280 g/mol. The van der Waals surface area contributed by atoms with Gasteiger partial charge in [-0.15, -0.1) is 0 Å². The molecule has 1 aromatic carbocycles. The van der Waals surface area contributed by atoms with E-state index in [9.17, 15) is 8.78 Å². The van der Waals surface area contributed by atoms with Gasteiger partial charge >= 0.3 is 6.61 Å². The van der Waals surface area contributed by atoms with Crippen molar-refractivity contribution < 1.29 is 18.3 Å². The normalized spacial score (nSPS) is 17.4. The van der Waals surface area contributed by atoms with Crippen molar-refractivity contribution in [3.05, 3.63) is 23.8 Å². The largest absolute Gasteiger partial charge is 0.493 e. The molecule has 0 saturated heterocycles. The maximum atomic E-state index is 12.3. The summed E-state index contributed by atoms with van der Waals surface area (Å²) in [5.74, 6) is 1.12. The van der Waals surface area contributed by atoms with E-state index in [2.05, 4.69) is 27.3 Å². The van der Waals surface area contributed by atoms with Gasteiger partial charge in [-0.25, -0.2) is 0 Å². The van der Waals surface area contributed by atoms with Crippen LogP contribution in [-0.2, 0) is 6.42 Å². The molecule has 2 rings (SSSR count). The molecule has 0 fully saturated rings. The minimum atomic E-state index is -2.87. The van der Waals surface area contributed by atoms with Crippen LogP contribution in [0.15, 0.2) is 23.2 Å². The zero-order valence-corrected chi connectivity index (χ0v) is 12.0. The highest BCUT2D eigenvalue weighted by atomic mass is 19.3. The van der Waals surface area contributed by atoms with Crippen LogP contribution in [0.2, 0.25) is 0 Å². The second-order valence-electron chi connectivity index (χ2n) is 4.78. The first-order valence-electron chi connectivity index (χ1n) is 6.75. The average molecular weight is 299 g/mol. The number of hydrogen-bond acceptors (Lipinski definition) is 5. The van der Waals surface area contributed by atoms with Crippen molar-refractivity contribution in [3.63, 3.8) is 0 Å². The maximum Gasteiger partial charge on any atom is 0.387 e. The van der Waals surface area contributed by atoms with Crippen molar-refractivity contribution in [1.82, 2.24) is 10.6 Å². The topological polar surface area (TPSA) is 54.9 Å². The SMILES string of the molecule is COc1ccc(CCNC2=NCC(C)N2)cc1OC(F)F. The molecule has 0 radical (unpaired) electrons. The van der Waals surface area contributed by atoms with Crippen LogP contribution >= 0.6 is 0 Å². The van der Waals surface area contributed by atoms with E-state index < -0.39 is 6.61 Å². The zero-order valence-electron chi connectivity index (χ0n) is 12.0. The van der Waals surface area contributed by atoms with Gasteiger partial charge in [0.1, 0.15) is 0 Å². The molecule has 21 heavy (non-hydrogen) atoms. The highest BCUT2D eigenvalue weighted by Crippen LogP contribution is 2.29. The Labute approximate surface area is 122 Å². The highest BCUT2D eigenvalue weighted by molar-refractivity contribution is 5.81. The number of halogens is 2. The van der Waals surface area contributed by atoms with Gasteiger partial charge in [0, 0.05) is 12.6 Å². The fourth-order valence-electron chi connectivity index (χ4n) is 2.05. The number of nitrogens with zero attached hydrogens (tertiary/aromatic N) is 1. The summed E-state index contributed by atoms with van der Waals surface area (Å²) >= 11 is 0. The van der Waals surface area contributed by atoms with Crippen molar-refractivity contribution in [1.29, 1.82) is 0 Å². The van der Waals surface area contributed by atoms with Crippen LogP contribution in [0.4, 0.5) is 8.78 Å². The van der Waals surface area contributed by atoms with Crippen molar-refractivity contribution in [2.75, 3.05) is 20.2 Å². The van der Waals surface area contributed by atoms with Gasteiger partial charge in [0.2, 0.25) is 0 Å². The third kappa shape index (κ3) is 4.47. The number of methoxy groups -OCH3 is 1. The van der Waals surface area contributed by atoms with Gasteiger partial charge in [0.05, 0.1) is 13.7 Å². The third-order valence-corrected chi connectivity index (χ3v) is 3.06. The predicted octanol–water partition coefficient (Wildman–Crippen LogP) is 1.78. The van der Waals surface area contributed by atoms with E-state index in [4.69, 9.17) is 4.74 Å². The minimum absolute atomic E-state index is 0.0509. The first-order valence-corrected chi connectivity index (χ1v) is 6.75. The molecule has 2 N–H and O–H groups in total. The minimum Gasteiger partial charge on any atom is -0.493 e. The third-order valence-electron chi connectivity index (χ3n) is 3.06. The van der Waals surface area contributed by atoms with Crippen LogP contribution in [0, 0.1) is 0 Å². The fraction of sp³-hybridized carbons (Fsp3) is 0.500. The number of guanidine groups is 1. The maximum absolute atomic E-state index is 12.3. The van der Waals surface area contributed by atoms with Crippen LogP contribution in [-0.4, -0.2) is 38.8 Å². The Morgan fingerprint density at radius 2 is 2.24 bits per heavy atom. The van der Waals surface area contributed by atoms with Crippen LogP contribution in [0.25, 0.3) is 0 Å². The van der Waals surface area contributed by atoms with Crippen LogP contribution in [0.5, 0.6) is 11.5 Å². The summed E-state index contributed by atoms with van der Waals surface area (Å²) < 4.78 is 34.1. The molecule has 1 heterocycles. The fourth-order valence-corrected chi connectivity index (χ4v) is 2.05. The average Bonchev–Trinajstić information content (AvgIpc) is 2.84. The Morgan fingerprint density at radius 1 is 1.43 bits per heavy atom. The molecular formula is C14H19F2N3O2. The molecule has 116 valence electrons. The summed E-state index contributed by atoms with van der Waals surface area (Å²) in [5, 5.41) is 6.36. The molecule has 1 unspecified atom stereocenters. The van der Waals surface area contributed by atoms with E-state index in [1.165, 1.54) is 7.11 Å². The number of ether oxygens (including phenoxy) is 2. The number of rotatable bonds is 6. The Kier molecular flexibility index (Phi) is 5.19. The Hall–Kier alpha value is -2.05. The van der Waals surface area contributed by atoms with Gasteiger partial charge in [0.15, 0.2) is 17.5 Å². The van der Waals surface area contributed by atoms with Gasteiger partial charge in [-0.05, 0) is 31.0 Å². The molecule has 1 aromatic rings. The van der Waals surface area contributed by atoms with Crippen molar-refractivity contribution >= 4 is 5.96 Å². The lowest BCUT2D eigenvalue weighted by molar-refractivity contribution is -0.0512. The lowest BCUT2D eigenvalue weighted by atomic mass is 10.1. The first kappa shape index (κ1) is 15.3. The quantitative estimate of drug-likeness (QED) is 0.841. The molecule has 0 aromatic heterocycles. The summed E-state index contributed by atoms with van der Waals surface area (Å²) in [7, 11) is 1.42.